The van der Waals surface area contributed by atoms with Gasteiger partial charge in [-0.1, -0.05) is 0 Å². The van der Waals surface area contributed by atoms with Gasteiger partial charge < -0.3 is 10.2 Å². The number of likely N-dealkylation sites (tertiary alicyclic amines) is 1. The Labute approximate surface area is 127 Å². The van der Waals surface area contributed by atoms with Crippen molar-refractivity contribution in [3.05, 3.63) is 32.8 Å². The van der Waals surface area contributed by atoms with Crippen LogP contribution in [-0.4, -0.2) is 36.0 Å². The topological polar surface area (TPSA) is 58.4 Å². The molecule has 1 aliphatic heterocycles. The maximum Gasteiger partial charge on any atom is 0.285 e. The van der Waals surface area contributed by atoms with Crippen LogP contribution in [0.2, 0.25) is 0 Å². The van der Waals surface area contributed by atoms with E-state index >= 15 is 0 Å². The number of hydrogen-bond donors (Lipinski definition) is 1. The van der Waals surface area contributed by atoms with E-state index in [1.54, 1.807) is 12.1 Å². The van der Waals surface area contributed by atoms with Gasteiger partial charge in [0.1, 0.15) is 0 Å². The molecule has 0 saturated carbocycles. The van der Waals surface area contributed by atoms with Gasteiger partial charge in [0.2, 0.25) is 0 Å². The highest BCUT2D eigenvalue weighted by Gasteiger charge is 2.23. The zero-order valence-corrected chi connectivity index (χ0v) is 13.4. The molecular weight excluding hydrogens is 322 g/mol. The third-order valence-electron chi connectivity index (χ3n) is 3.91. The quantitative estimate of drug-likeness (QED) is 0.672. The van der Waals surface area contributed by atoms with E-state index in [-0.39, 0.29) is 10.6 Å². The number of piperidine rings is 1. The van der Waals surface area contributed by atoms with E-state index in [2.05, 4.69) is 40.1 Å². The average molecular weight is 342 g/mol. The highest BCUT2D eigenvalue weighted by atomic mass is 79.9. The molecule has 1 saturated heterocycles. The molecule has 2 unspecified atom stereocenters. The Hall–Kier alpha value is -1.14. The van der Waals surface area contributed by atoms with Crippen LogP contribution in [0.15, 0.2) is 22.7 Å². The van der Waals surface area contributed by atoms with Crippen molar-refractivity contribution in [3.63, 3.8) is 0 Å². The predicted molar refractivity (Wildman–Crippen MR) is 84.1 cm³/mol. The number of hydrogen-bond acceptors (Lipinski definition) is 4. The second-order valence-corrected chi connectivity index (χ2v) is 6.38. The predicted octanol–water partition coefficient (Wildman–Crippen LogP) is 3.50. The van der Waals surface area contributed by atoms with Crippen LogP contribution >= 0.6 is 15.9 Å². The lowest BCUT2D eigenvalue weighted by Gasteiger charge is -2.34. The molecule has 2 atom stereocenters. The summed E-state index contributed by atoms with van der Waals surface area (Å²) in [7, 11) is 2.14. The number of benzene rings is 1. The zero-order valence-electron chi connectivity index (χ0n) is 11.8. The van der Waals surface area contributed by atoms with E-state index in [9.17, 15) is 10.1 Å². The largest absolute Gasteiger partial charge is 0.382 e. The lowest BCUT2D eigenvalue weighted by Crippen LogP contribution is -2.39. The molecule has 0 bridgehead atoms. The highest BCUT2D eigenvalue weighted by molar-refractivity contribution is 9.10. The first-order valence-electron chi connectivity index (χ1n) is 6.86. The second kappa shape index (κ2) is 6.54. The molecule has 2 rings (SSSR count). The summed E-state index contributed by atoms with van der Waals surface area (Å²) in [5.41, 5.74) is 0.906. The van der Waals surface area contributed by atoms with Crippen LogP contribution in [0.1, 0.15) is 19.8 Å². The van der Waals surface area contributed by atoms with Crippen molar-refractivity contribution in [1.29, 1.82) is 0 Å². The van der Waals surface area contributed by atoms with E-state index in [0.717, 1.165) is 18.8 Å². The van der Waals surface area contributed by atoms with Crippen LogP contribution in [0.4, 0.5) is 11.4 Å². The SMILES string of the molecule is CC(Nc1ccc(Br)c([N+](=O)[O-])c1)C1CCCN(C)C1. The van der Waals surface area contributed by atoms with Crippen LogP contribution in [0, 0.1) is 16.0 Å². The number of anilines is 1. The third-order valence-corrected chi connectivity index (χ3v) is 4.58. The molecule has 110 valence electrons. The van der Waals surface area contributed by atoms with Gasteiger partial charge in [0.05, 0.1) is 9.40 Å². The minimum atomic E-state index is -0.367. The van der Waals surface area contributed by atoms with Crippen molar-refractivity contribution in [2.75, 3.05) is 25.5 Å². The minimum absolute atomic E-state index is 0.1000. The summed E-state index contributed by atoms with van der Waals surface area (Å²) in [6, 6.07) is 5.49. The van der Waals surface area contributed by atoms with Gasteiger partial charge in [-0.25, -0.2) is 0 Å². The van der Waals surface area contributed by atoms with E-state index in [0.29, 0.717) is 16.4 Å². The van der Waals surface area contributed by atoms with Gasteiger partial charge >= 0.3 is 0 Å². The maximum absolute atomic E-state index is 10.9. The molecular formula is C14H20BrN3O2. The lowest BCUT2D eigenvalue weighted by molar-refractivity contribution is -0.385. The standard InChI is InChI=1S/C14H20BrN3O2/c1-10(11-4-3-7-17(2)9-11)16-12-5-6-13(15)14(8-12)18(19)20/h5-6,8,10-11,16H,3-4,7,9H2,1-2H3. The molecule has 1 aromatic carbocycles. The molecule has 1 heterocycles. The summed E-state index contributed by atoms with van der Waals surface area (Å²) >= 11 is 3.21. The van der Waals surface area contributed by atoms with Crippen molar-refractivity contribution >= 4 is 27.3 Å². The Bertz CT molecular complexity index is 495. The Morgan fingerprint density at radius 3 is 2.95 bits per heavy atom. The fourth-order valence-corrected chi connectivity index (χ4v) is 3.13. The number of rotatable bonds is 4. The molecule has 1 aromatic rings. The van der Waals surface area contributed by atoms with Crippen LogP contribution in [0.3, 0.4) is 0 Å². The smallest absolute Gasteiger partial charge is 0.285 e. The van der Waals surface area contributed by atoms with Crippen LogP contribution < -0.4 is 5.32 Å². The monoisotopic (exact) mass is 341 g/mol. The Morgan fingerprint density at radius 1 is 1.55 bits per heavy atom. The molecule has 0 aliphatic carbocycles. The highest BCUT2D eigenvalue weighted by Crippen LogP contribution is 2.29. The zero-order chi connectivity index (χ0) is 14.7. The summed E-state index contributed by atoms with van der Waals surface area (Å²) in [4.78, 5) is 12.9. The van der Waals surface area contributed by atoms with Gasteiger partial charge in [-0.3, -0.25) is 10.1 Å². The summed E-state index contributed by atoms with van der Waals surface area (Å²) in [6.45, 7) is 4.39. The van der Waals surface area contributed by atoms with Gasteiger partial charge in [0, 0.05) is 24.3 Å². The molecule has 1 N–H and O–H groups in total. The average Bonchev–Trinajstić information content (AvgIpc) is 2.40. The minimum Gasteiger partial charge on any atom is -0.382 e. The van der Waals surface area contributed by atoms with Gasteiger partial charge in [-0.2, -0.15) is 0 Å². The Kier molecular flexibility index (Phi) is 4.99. The summed E-state index contributed by atoms with van der Waals surface area (Å²) in [6.07, 6.45) is 2.42. The lowest BCUT2D eigenvalue weighted by atomic mass is 9.92. The summed E-state index contributed by atoms with van der Waals surface area (Å²) in [5.74, 6) is 0.580. The van der Waals surface area contributed by atoms with Crippen molar-refractivity contribution < 1.29 is 4.92 Å². The van der Waals surface area contributed by atoms with E-state index in [1.165, 1.54) is 12.8 Å². The summed E-state index contributed by atoms with van der Waals surface area (Å²) < 4.78 is 0.512. The summed E-state index contributed by atoms with van der Waals surface area (Å²) in [5, 5.41) is 14.3. The molecule has 20 heavy (non-hydrogen) atoms. The Balaban J connectivity index is 2.05. The van der Waals surface area contributed by atoms with E-state index < -0.39 is 0 Å². The molecule has 0 radical (unpaired) electrons. The maximum atomic E-state index is 10.9. The van der Waals surface area contributed by atoms with Crippen LogP contribution in [0.25, 0.3) is 0 Å². The first-order valence-corrected chi connectivity index (χ1v) is 7.65. The molecule has 1 aliphatic rings. The Morgan fingerprint density at radius 2 is 2.30 bits per heavy atom. The fourth-order valence-electron chi connectivity index (χ4n) is 2.74. The van der Waals surface area contributed by atoms with Gasteiger partial charge in [0.15, 0.2) is 0 Å². The van der Waals surface area contributed by atoms with Crippen LogP contribution in [-0.2, 0) is 0 Å². The van der Waals surface area contributed by atoms with Gasteiger partial charge in [-0.05, 0) is 67.3 Å². The molecule has 0 aromatic heterocycles. The van der Waals surface area contributed by atoms with Crippen molar-refractivity contribution in [3.8, 4) is 0 Å². The molecule has 1 fully saturated rings. The number of nitrogens with zero attached hydrogens (tertiary/aromatic N) is 2. The van der Waals surface area contributed by atoms with Crippen molar-refractivity contribution in [1.82, 2.24) is 4.90 Å². The van der Waals surface area contributed by atoms with E-state index in [4.69, 9.17) is 0 Å². The van der Waals surface area contributed by atoms with Crippen molar-refractivity contribution in [2.24, 2.45) is 5.92 Å². The number of nitro groups is 1. The molecule has 5 nitrogen and oxygen atoms in total. The first-order chi connectivity index (χ1) is 9.47. The fraction of sp³-hybridized carbons (Fsp3) is 0.571. The van der Waals surface area contributed by atoms with Crippen molar-refractivity contribution in [2.45, 2.75) is 25.8 Å². The molecule has 0 spiro atoms. The molecule has 6 heteroatoms. The number of nitrogens with one attached hydrogen (secondary N) is 1. The molecule has 0 amide bonds. The first kappa shape index (κ1) is 15.3. The second-order valence-electron chi connectivity index (χ2n) is 5.52. The van der Waals surface area contributed by atoms with E-state index in [1.807, 2.05) is 6.07 Å². The number of nitro benzene ring substituents is 1. The van der Waals surface area contributed by atoms with Gasteiger partial charge in [-0.15, -0.1) is 0 Å². The van der Waals surface area contributed by atoms with Crippen LogP contribution in [0.5, 0.6) is 0 Å². The number of halogens is 1. The normalized spacial score (nSPS) is 21.4. The van der Waals surface area contributed by atoms with Gasteiger partial charge in [0.25, 0.3) is 5.69 Å². The third kappa shape index (κ3) is 3.70.